The fourth-order valence-corrected chi connectivity index (χ4v) is 2.27. The average molecular weight is 352 g/mol. The van der Waals surface area contributed by atoms with E-state index in [1.165, 1.54) is 18.2 Å². The van der Waals surface area contributed by atoms with Crippen molar-refractivity contribution in [3.63, 3.8) is 0 Å². The largest absolute Gasteiger partial charge is 0.362 e. The van der Waals surface area contributed by atoms with Crippen molar-refractivity contribution in [2.75, 3.05) is 4.72 Å². The summed E-state index contributed by atoms with van der Waals surface area (Å²) in [5.41, 5.74) is 1.80. The predicted molar refractivity (Wildman–Crippen MR) is 87.5 cm³/mol. The molecular formula is C14H12ClN4O3S+. The molecule has 0 aromatic heterocycles. The van der Waals surface area contributed by atoms with Gasteiger partial charge < -0.3 is 0 Å². The first-order chi connectivity index (χ1) is 11.0. The Morgan fingerprint density at radius 1 is 1.22 bits per heavy atom. The van der Waals surface area contributed by atoms with Crippen LogP contribution in [-0.4, -0.2) is 14.3 Å². The topological polar surface area (TPSA) is 102 Å². The van der Waals surface area contributed by atoms with Gasteiger partial charge in [-0.15, -0.1) is 0 Å². The molecule has 0 spiro atoms. The molecule has 0 fully saturated rings. The normalized spacial score (nSPS) is 10.0. The highest BCUT2D eigenvalue weighted by molar-refractivity contribution is 7.73. The summed E-state index contributed by atoms with van der Waals surface area (Å²) in [7, 11) is -2.84. The van der Waals surface area contributed by atoms with Crippen LogP contribution in [0.15, 0.2) is 52.7 Å². The zero-order valence-electron chi connectivity index (χ0n) is 11.9. The maximum absolute atomic E-state index is 12.0. The van der Waals surface area contributed by atoms with Crippen LogP contribution in [0, 0.1) is 6.92 Å². The van der Waals surface area contributed by atoms with Gasteiger partial charge >= 0.3 is 5.91 Å². The number of hydrogen-bond donors (Lipinski definition) is 2. The minimum absolute atomic E-state index is 0.0247. The second kappa shape index (κ2) is 7.64. The summed E-state index contributed by atoms with van der Waals surface area (Å²) in [6, 6.07) is 11.3. The molecule has 7 nitrogen and oxygen atoms in total. The van der Waals surface area contributed by atoms with Crippen LogP contribution in [0.25, 0.3) is 0 Å². The van der Waals surface area contributed by atoms with Gasteiger partial charge in [0.1, 0.15) is 0 Å². The summed E-state index contributed by atoms with van der Waals surface area (Å²) < 4.78 is 23.4. The zero-order chi connectivity index (χ0) is 16.8. The van der Waals surface area contributed by atoms with Gasteiger partial charge in [0, 0.05) is 5.69 Å². The van der Waals surface area contributed by atoms with E-state index in [9.17, 15) is 13.2 Å². The summed E-state index contributed by atoms with van der Waals surface area (Å²) in [6.45, 7) is 1.90. The molecule has 118 valence electrons. The van der Waals surface area contributed by atoms with Gasteiger partial charge in [-0.2, -0.15) is 0 Å². The summed E-state index contributed by atoms with van der Waals surface area (Å²) >= 11 is 5.91. The van der Waals surface area contributed by atoms with E-state index in [1.807, 2.05) is 19.1 Å². The number of benzene rings is 2. The monoisotopic (exact) mass is 351 g/mol. The zero-order valence-corrected chi connectivity index (χ0v) is 13.6. The molecule has 2 rings (SSSR count). The molecule has 0 atom stereocenters. The van der Waals surface area contributed by atoms with Crippen molar-refractivity contribution in [2.45, 2.75) is 6.92 Å². The number of nitrogens with one attached hydrogen (secondary N) is 1. The van der Waals surface area contributed by atoms with Crippen LogP contribution < -0.4 is 9.63 Å². The van der Waals surface area contributed by atoms with E-state index < -0.39 is 16.8 Å². The summed E-state index contributed by atoms with van der Waals surface area (Å²) in [5, 5.41) is 7.41. The number of carbonyl (C=O) groups is 1. The molecule has 0 aliphatic heterocycles. The second-order valence-electron chi connectivity index (χ2n) is 4.50. The van der Waals surface area contributed by atoms with Crippen molar-refractivity contribution in [3.8, 4) is 0 Å². The molecule has 0 saturated carbocycles. The molecule has 0 radical (unpaired) electrons. The molecule has 2 aromatic carbocycles. The fourth-order valence-electron chi connectivity index (χ4n) is 1.72. The first kappa shape index (κ1) is 16.8. The third-order valence-corrected chi connectivity index (χ3v) is 3.48. The number of halogens is 1. The molecule has 0 bridgehead atoms. The number of amides is 1. The number of aryl methyl sites for hydroxylation is 1. The van der Waals surface area contributed by atoms with Crippen LogP contribution >= 0.6 is 11.6 Å². The Labute approximate surface area is 138 Å². The molecule has 0 aliphatic rings. The van der Waals surface area contributed by atoms with Gasteiger partial charge in [-0.3, -0.25) is 9.52 Å². The lowest BCUT2D eigenvalue weighted by Gasteiger charge is -2.01. The van der Waals surface area contributed by atoms with Crippen molar-refractivity contribution in [1.29, 1.82) is 0 Å². The Morgan fingerprint density at radius 2 is 2.00 bits per heavy atom. The van der Waals surface area contributed by atoms with E-state index >= 15 is 0 Å². The average Bonchev–Trinajstić information content (AvgIpc) is 2.48. The minimum Gasteiger partial charge on any atom is -0.286 e. The quantitative estimate of drug-likeness (QED) is 0.502. The van der Waals surface area contributed by atoms with Crippen LogP contribution in [0.2, 0.25) is 5.02 Å². The number of hydrogen-bond acceptors (Lipinski definition) is 4. The Kier molecular flexibility index (Phi) is 5.59. The smallest absolute Gasteiger partial charge is 0.286 e. The van der Waals surface area contributed by atoms with E-state index in [-0.39, 0.29) is 16.3 Å². The Morgan fingerprint density at radius 3 is 2.70 bits per heavy atom. The molecule has 9 heteroatoms. The van der Waals surface area contributed by atoms with Gasteiger partial charge in [0.05, 0.1) is 10.6 Å². The third-order valence-electron chi connectivity index (χ3n) is 2.71. The summed E-state index contributed by atoms with van der Waals surface area (Å²) in [6.07, 6.45) is 0. The van der Waals surface area contributed by atoms with Gasteiger partial charge in [0.25, 0.3) is 0 Å². The van der Waals surface area contributed by atoms with Crippen molar-refractivity contribution >= 4 is 39.8 Å². The number of rotatable bonds is 4. The predicted octanol–water partition coefficient (Wildman–Crippen LogP) is 3.03. The van der Waals surface area contributed by atoms with Gasteiger partial charge in [0.2, 0.25) is 20.9 Å². The van der Waals surface area contributed by atoms with E-state index in [4.69, 9.17) is 11.6 Å². The molecule has 0 unspecified atom stereocenters. The SMILES string of the molecule is Cc1cccc(N=[N+]=NC(=O)c2cc(N[SH](=O)=O)ccc2Cl)c1. The Hall–Kier alpha value is -2.54. The summed E-state index contributed by atoms with van der Waals surface area (Å²) in [4.78, 5) is 15.5. The highest BCUT2D eigenvalue weighted by Gasteiger charge is 2.15. The van der Waals surface area contributed by atoms with Gasteiger partial charge in [0.15, 0.2) is 10.8 Å². The first-order valence-electron chi connectivity index (χ1n) is 6.39. The lowest BCUT2D eigenvalue weighted by Crippen LogP contribution is -2.00. The molecule has 0 aliphatic carbocycles. The van der Waals surface area contributed by atoms with Crippen LogP contribution in [0.1, 0.15) is 15.9 Å². The molecule has 0 saturated heterocycles. The van der Waals surface area contributed by atoms with Gasteiger partial charge in [-0.25, -0.2) is 8.42 Å². The van der Waals surface area contributed by atoms with E-state index in [0.29, 0.717) is 5.69 Å². The van der Waals surface area contributed by atoms with Crippen molar-refractivity contribution < 1.29 is 13.2 Å². The third kappa shape index (κ3) is 5.00. The lowest BCUT2D eigenvalue weighted by molar-refractivity contribution is 0.0993. The molecule has 2 aromatic rings. The van der Waals surface area contributed by atoms with Crippen molar-refractivity contribution in [2.24, 2.45) is 10.2 Å². The van der Waals surface area contributed by atoms with Gasteiger partial charge in [-0.05, 0) is 42.8 Å². The maximum Gasteiger partial charge on any atom is 0.362 e. The van der Waals surface area contributed by atoms with Crippen LogP contribution in [0.5, 0.6) is 0 Å². The second-order valence-corrected chi connectivity index (χ2v) is 5.64. The Balaban J connectivity index is 2.24. The maximum atomic E-state index is 12.0. The van der Waals surface area contributed by atoms with Crippen molar-refractivity contribution in [3.05, 3.63) is 58.6 Å². The highest BCUT2D eigenvalue weighted by Crippen LogP contribution is 2.21. The van der Waals surface area contributed by atoms with Gasteiger partial charge in [-0.1, -0.05) is 23.7 Å². The molecular weight excluding hydrogens is 340 g/mol. The molecule has 1 amide bonds. The number of thiol groups is 1. The van der Waals surface area contributed by atoms with E-state index in [2.05, 4.69) is 19.9 Å². The highest BCUT2D eigenvalue weighted by atomic mass is 35.5. The molecule has 1 N–H and O–H groups in total. The van der Waals surface area contributed by atoms with E-state index in [0.717, 1.165) is 5.56 Å². The van der Waals surface area contributed by atoms with Crippen molar-refractivity contribution in [1.82, 2.24) is 4.91 Å². The molecule has 23 heavy (non-hydrogen) atoms. The number of anilines is 1. The van der Waals surface area contributed by atoms with Crippen LogP contribution in [0.3, 0.4) is 0 Å². The Bertz CT molecular complexity index is 881. The standard InChI is InChI=1S/C14H12ClN4O3S/c1-9-3-2-4-10(7-9)16-19-17-14(20)12-8-11(18-23(21)22)5-6-13(12)15/h2-8,23H,1H3,(H,18,21,22)/q+1. The number of nitrogens with zero attached hydrogens (tertiary/aromatic N) is 3. The van der Waals surface area contributed by atoms with Crippen LogP contribution in [-0.2, 0) is 10.9 Å². The van der Waals surface area contributed by atoms with E-state index in [1.54, 1.807) is 12.1 Å². The summed E-state index contributed by atoms with van der Waals surface area (Å²) in [5.74, 6) is -0.726. The minimum atomic E-state index is -2.84. The van der Waals surface area contributed by atoms with Crippen LogP contribution in [0.4, 0.5) is 11.4 Å². The first-order valence-corrected chi connectivity index (χ1v) is 7.94. The fraction of sp³-hybridized carbons (Fsp3) is 0.0714. The number of carbonyl (C=O) groups excluding carboxylic acids is 1. The lowest BCUT2D eigenvalue weighted by atomic mass is 10.2. The molecule has 0 heterocycles.